The summed E-state index contributed by atoms with van der Waals surface area (Å²) in [5.74, 6) is 0. The van der Waals surface area contributed by atoms with Gasteiger partial charge < -0.3 is 29.9 Å². The minimum atomic E-state index is 0.764. The molecule has 7 rings (SSSR count). The largest absolute Gasteiger partial charge is 0.351 e. The normalized spacial score (nSPS) is 12.7. The standard InChI is InChI=1S/6C3H4N2.H6N3P3/c6*1-2-5-3-4-1;1-4-2-6-3-5-1/h6*1-3H,(H,4,5);1-6H. The summed E-state index contributed by atoms with van der Waals surface area (Å²) in [5.41, 5.74) is 0. The second-order valence-corrected chi connectivity index (χ2v) is 9.06. The van der Waals surface area contributed by atoms with Crippen molar-refractivity contribution >= 4 is 26.6 Å². The molecule has 1 fully saturated rings. The van der Waals surface area contributed by atoms with Crippen molar-refractivity contribution in [3.05, 3.63) is 112 Å². The molecule has 192 valence electrons. The predicted molar refractivity (Wildman–Crippen MR) is 146 cm³/mol. The van der Waals surface area contributed by atoms with E-state index in [9.17, 15) is 0 Å². The Morgan fingerprint density at radius 3 is 0.556 bits per heavy atom. The summed E-state index contributed by atoms with van der Waals surface area (Å²) in [5, 5.41) is 0. The molecule has 1 aliphatic rings. The number of rotatable bonds is 0. The van der Waals surface area contributed by atoms with Gasteiger partial charge >= 0.3 is 0 Å². The summed E-state index contributed by atoms with van der Waals surface area (Å²) < 4.78 is 0. The number of hydrogen-bond acceptors (Lipinski definition) is 9. The van der Waals surface area contributed by atoms with Crippen molar-refractivity contribution in [2.24, 2.45) is 0 Å². The molecule has 0 amide bonds. The quantitative estimate of drug-likeness (QED) is 0.127. The van der Waals surface area contributed by atoms with Crippen molar-refractivity contribution < 1.29 is 0 Å². The smallest absolute Gasteiger partial charge is 0.0919 e. The van der Waals surface area contributed by atoms with Crippen molar-refractivity contribution in [3.8, 4) is 0 Å². The van der Waals surface area contributed by atoms with Gasteiger partial charge in [0, 0.05) is 101 Å². The average Bonchev–Trinajstić information content (AvgIpc) is 3.81. The second-order valence-electron chi connectivity index (χ2n) is 5.31. The Kier molecular flexibility index (Phi) is 23.4. The maximum absolute atomic E-state index is 3.67. The van der Waals surface area contributed by atoms with E-state index in [0.717, 1.165) is 26.6 Å². The number of imidazole rings is 6. The van der Waals surface area contributed by atoms with E-state index in [0.29, 0.717) is 0 Å². The number of H-pyrrole nitrogens is 6. The number of aromatic amines is 6. The van der Waals surface area contributed by atoms with E-state index in [1.54, 1.807) is 112 Å². The third kappa shape index (κ3) is 25.1. The van der Waals surface area contributed by atoms with Gasteiger partial charge in [-0.2, -0.15) is 0 Å². The van der Waals surface area contributed by atoms with E-state index in [1.807, 2.05) is 0 Å². The van der Waals surface area contributed by atoms with Gasteiger partial charge in [-0.05, 0) is 0 Å². The highest BCUT2D eigenvalue weighted by Gasteiger charge is 1.90. The van der Waals surface area contributed by atoms with E-state index >= 15 is 0 Å². The molecule has 0 bridgehead atoms. The maximum Gasteiger partial charge on any atom is 0.0919 e. The Balaban J connectivity index is 0.000000210. The Hall–Kier alpha value is -3.57. The van der Waals surface area contributed by atoms with Crippen LogP contribution in [0.25, 0.3) is 0 Å². The van der Waals surface area contributed by atoms with E-state index in [4.69, 9.17) is 0 Å². The highest BCUT2D eigenvalue weighted by molar-refractivity contribution is 7.65. The molecule has 0 aliphatic carbocycles. The molecular weight excluding hydrogens is 519 g/mol. The lowest BCUT2D eigenvalue weighted by Crippen LogP contribution is -2.07. The van der Waals surface area contributed by atoms with Gasteiger partial charge in [0.15, 0.2) is 0 Å². The lowest BCUT2D eigenvalue weighted by Gasteiger charge is -2.12. The van der Waals surface area contributed by atoms with E-state index in [2.05, 4.69) is 74.4 Å². The van der Waals surface area contributed by atoms with Gasteiger partial charge in [-0.3, -0.25) is 14.6 Å². The summed E-state index contributed by atoms with van der Waals surface area (Å²) >= 11 is 0. The number of hydrogen-bond donors (Lipinski definition) is 9. The molecule has 0 unspecified atom stereocenters. The highest BCUT2D eigenvalue weighted by atomic mass is 31.2. The van der Waals surface area contributed by atoms with Crippen molar-refractivity contribution in [1.82, 2.24) is 74.4 Å². The average molecular weight is 549 g/mol. The molecule has 15 nitrogen and oxygen atoms in total. The van der Waals surface area contributed by atoms with Crippen LogP contribution in [0.1, 0.15) is 0 Å². The summed E-state index contributed by atoms with van der Waals surface area (Å²) in [7, 11) is 2.29. The van der Waals surface area contributed by atoms with Crippen molar-refractivity contribution in [1.29, 1.82) is 0 Å². The number of aromatic nitrogens is 12. The molecule has 0 spiro atoms. The first-order valence-corrected chi connectivity index (χ1v) is 13.1. The van der Waals surface area contributed by atoms with E-state index < -0.39 is 0 Å². The van der Waals surface area contributed by atoms with Crippen LogP contribution in [0, 0.1) is 0 Å². The zero-order valence-electron chi connectivity index (χ0n) is 19.1. The van der Waals surface area contributed by atoms with Gasteiger partial charge in [0.1, 0.15) is 0 Å². The van der Waals surface area contributed by atoms with Crippen LogP contribution in [0.4, 0.5) is 0 Å². The first kappa shape index (κ1) is 30.5. The first-order chi connectivity index (χ1) is 18.0. The fourth-order valence-corrected chi connectivity index (χ4v) is 4.67. The predicted octanol–water partition coefficient (Wildman–Crippen LogP) is 2.75. The SMILES string of the molecule is N1PNPNP1.c1c[nH]cn1.c1c[nH]cn1.c1c[nH]cn1.c1c[nH]cn1.c1c[nH]cn1.c1c[nH]cn1. The Bertz CT molecular complexity index is 668. The van der Waals surface area contributed by atoms with Gasteiger partial charge in [0.05, 0.1) is 38.0 Å². The second kappa shape index (κ2) is 27.7. The summed E-state index contributed by atoms with van der Waals surface area (Å²) in [6.45, 7) is 0. The molecule has 0 aromatic carbocycles. The van der Waals surface area contributed by atoms with Crippen LogP contribution in [0.2, 0.25) is 0 Å². The molecule has 1 saturated heterocycles. The maximum atomic E-state index is 3.67. The van der Waals surface area contributed by atoms with Gasteiger partial charge in [0.25, 0.3) is 0 Å². The Morgan fingerprint density at radius 2 is 0.500 bits per heavy atom. The van der Waals surface area contributed by atoms with Gasteiger partial charge in [-0.25, -0.2) is 29.9 Å². The summed E-state index contributed by atoms with van der Waals surface area (Å²) in [6.07, 6.45) is 30.5. The highest BCUT2D eigenvalue weighted by Crippen LogP contribution is 2.23. The van der Waals surface area contributed by atoms with Crippen LogP contribution in [0.5, 0.6) is 0 Å². The monoisotopic (exact) mass is 549 g/mol. The molecule has 7 heterocycles. The summed E-state index contributed by atoms with van der Waals surface area (Å²) in [6, 6.07) is 0. The minimum Gasteiger partial charge on any atom is -0.351 e. The van der Waals surface area contributed by atoms with Gasteiger partial charge in [-0.1, -0.05) is 0 Å². The Labute approximate surface area is 213 Å². The molecule has 0 atom stereocenters. The van der Waals surface area contributed by atoms with Crippen molar-refractivity contribution in [2.45, 2.75) is 0 Å². The molecule has 6 aromatic rings. The molecule has 9 N–H and O–H groups in total. The Morgan fingerprint density at radius 1 is 0.306 bits per heavy atom. The zero-order valence-corrected chi connectivity index (χ0v) is 22.1. The van der Waals surface area contributed by atoms with Crippen LogP contribution in [0.3, 0.4) is 0 Å². The molecule has 6 aromatic heterocycles. The lowest BCUT2D eigenvalue weighted by atomic mass is 11.0. The molecule has 1 aliphatic heterocycles. The summed E-state index contributed by atoms with van der Waals surface area (Å²) in [4.78, 5) is 47.9. The van der Waals surface area contributed by atoms with Crippen LogP contribution in [-0.4, -0.2) is 59.8 Å². The zero-order chi connectivity index (χ0) is 25.5. The number of nitrogens with one attached hydrogen (secondary N) is 9. The van der Waals surface area contributed by atoms with Crippen molar-refractivity contribution in [3.63, 3.8) is 0 Å². The minimum absolute atomic E-state index is 0.764. The third-order valence-corrected chi connectivity index (χ3v) is 5.81. The van der Waals surface area contributed by atoms with Crippen LogP contribution in [0.15, 0.2) is 112 Å². The number of nitrogens with zero attached hydrogens (tertiary/aromatic N) is 6. The molecular formula is C18H30N15P3. The van der Waals surface area contributed by atoms with Crippen LogP contribution < -0.4 is 14.6 Å². The molecule has 0 radical (unpaired) electrons. The fourth-order valence-electron chi connectivity index (χ4n) is 1.48. The van der Waals surface area contributed by atoms with Crippen molar-refractivity contribution in [2.75, 3.05) is 0 Å². The van der Waals surface area contributed by atoms with Crippen LogP contribution >= 0.6 is 26.6 Å². The van der Waals surface area contributed by atoms with E-state index in [1.165, 1.54) is 0 Å². The first-order valence-electron chi connectivity index (χ1n) is 10.1. The third-order valence-electron chi connectivity index (χ3n) is 2.81. The van der Waals surface area contributed by atoms with Crippen LogP contribution in [-0.2, 0) is 0 Å². The molecule has 36 heavy (non-hydrogen) atoms. The molecule has 18 heteroatoms. The van der Waals surface area contributed by atoms with Gasteiger partial charge in [-0.15, -0.1) is 0 Å². The van der Waals surface area contributed by atoms with E-state index in [-0.39, 0.29) is 0 Å². The fraction of sp³-hybridized carbons (Fsp3) is 0. The van der Waals surface area contributed by atoms with Gasteiger partial charge in [0.2, 0.25) is 0 Å². The topological polar surface area (TPSA) is 208 Å². The molecule has 0 saturated carbocycles. The lowest BCUT2D eigenvalue weighted by molar-refractivity contribution is 1.31.